The number of aryl methyl sites for hydroxylation is 3. The number of hydrogen-bond donors (Lipinski definition) is 3. The Bertz CT molecular complexity index is 825. The highest BCUT2D eigenvalue weighted by atomic mass is 16.3. The van der Waals surface area contributed by atoms with Crippen molar-refractivity contribution < 1.29 is 14.7 Å². The second-order valence-corrected chi connectivity index (χ2v) is 7.73. The van der Waals surface area contributed by atoms with E-state index in [1.807, 2.05) is 75.1 Å². The lowest BCUT2D eigenvalue weighted by Crippen LogP contribution is -2.45. The van der Waals surface area contributed by atoms with Gasteiger partial charge >= 0.3 is 0 Å². The minimum absolute atomic E-state index is 0.0247. The van der Waals surface area contributed by atoms with E-state index in [1.165, 1.54) is 0 Å². The van der Waals surface area contributed by atoms with E-state index in [0.717, 1.165) is 34.4 Å². The van der Waals surface area contributed by atoms with Crippen LogP contribution in [-0.2, 0) is 16.1 Å². The van der Waals surface area contributed by atoms with E-state index in [9.17, 15) is 14.7 Å². The van der Waals surface area contributed by atoms with Crippen LogP contribution in [0.3, 0.4) is 0 Å². The standard InChI is InChI=1S/C24H33N3O3/c1-5-21(16-28)27(14-20-9-7-6-8-10-20)15-23(30)25-13-22(29)26-24-18(3)11-17(2)12-19(24)4/h6-12,21,28H,5,13-16H2,1-4H3,(H,25,30)(H,26,29)/t21-/m0/s1. The Hall–Kier alpha value is -2.70. The fraction of sp³-hybridized carbons (Fsp3) is 0.417. The Labute approximate surface area is 179 Å². The van der Waals surface area contributed by atoms with Crippen LogP contribution in [-0.4, -0.2) is 47.6 Å². The van der Waals surface area contributed by atoms with Crippen LogP contribution in [0.2, 0.25) is 0 Å². The number of anilines is 1. The summed E-state index contributed by atoms with van der Waals surface area (Å²) < 4.78 is 0. The second-order valence-electron chi connectivity index (χ2n) is 7.73. The first-order valence-corrected chi connectivity index (χ1v) is 10.4. The van der Waals surface area contributed by atoms with Gasteiger partial charge in [0, 0.05) is 18.3 Å². The van der Waals surface area contributed by atoms with Gasteiger partial charge in [-0.1, -0.05) is 55.0 Å². The van der Waals surface area contributed by atoms with Gasteiger partial charge in [-0.15, -0.1) is 0 Å². The van der Waals surface area contributed by atoms with Crippen molar-refractivity contribution >= 4 is 17.5 Å². The molecule has 2 aromatic carbocycles. The number of hydrogen-bond acceptors (Lipinski definition) is 4. The van der Waals surface area contributed by atoms with Gasteiger partial charge in [0.05, 0.1) is 19.7 Å². The highest BCUT2D eigenvalue weighted by Gasteiger charge is 2.20. The summed E-state index contributed by atoms with van der Waals surface area (Å²) in [6.45, 7) is 8.46. The predicted octanol–water partition coefficient (Wildman–Crippen LogP) is 2.94. The van der Waals surface area contributed by atoms with Gasteiger partial charge in [-0.05, 0) is 43.9 Å². The molecule has 0 aliphatic carbocycles. The molecule has 2 rings (SSSR count). The number of amides is 2. The SMILES string of the molecule is CC[C@@H](CO)N(CC(=O)NCC(=O)Nc1c(C)cc(C)cc1C)Cc1ccccc1. The normalized spacial score (nSPS) is 11.9. The molecule has 0 heterocycles. The van der Waals surface area contributed by atoms with Gasteiger partial charge < -0.3 is 15.7 Å². The minimum Gasteiger partial charge on any atom is -0.395 e. The highest BCUT2D eigenvalue weighted by Crippen LogP contribution is 2.21. The van der Waals surface area contributed by atoms with Gasteiger partial charge in [-0.2, -0.15) is 0 Å². The lowest BCUT2D eigenvalue weighted by Gasteiger charge is -2.29. The molecule has 0 unspecified atom stereocenters. The van der Waals surface area contributed by atoms with Crippen LogP contribution in [0.4, 0.5) is 5.69 Å². The summed E-state index contributed by atoms with van der Waals surface area (Å²) >= 11 is 0. The van der Waals surface area contributed by atoms with Crippen molar-refractivity contribution in [3.8, 4) is 0 Å². The van der Waals surface area contributed by atoms with Crippen molar-refractivity contribution in [1.29, 1.82) is 0 Å². The van der Waals surface area contributed by atoms with E-state index >= 15 is 0 Å². The first kappa shape index (κ1) is 23.6. The monoisotopic (exact) mass is 411 g/mol. The van der Waals surface area contributed by atoms with Crippen LogP contribution >= 0.6 is 0 Å². The Morgan fingerprint density at radius 3 is 2.23 bits per heavy atom. The van der Waals surface area contributed by atoms with Gasteiger partial charge in [-0.3, -0.25) is 14.5 Å². The third kappa shape index (κ3) is 6.97. The van der Waals surface area contributed by atoms with Gasteiger partial charge in [0.1, 0.15) is 0 Å². The number of nitrogens with one attached hydrogen (secondary N) is 2. The maximum absolute atomic E-state index is 12.5. The summed E-state index contributed by atoms with van der Waals surface area (Å²) in [4.78, 5) is 26.8. The zero-order chi connectivity index (χ0) is 22.1. The molecular weight excluding hydrogens is 378 g/mol. The van der Waals surface area contributed by atoms with E-state index in [4.69, 9.17) is 0 Å². The average Bonchev–Trinajstić information content (AvgIpc) is 2.70. The Morgan fingerprint density at radius 1 is 1.03 bits per heavy atom. The first-order valence-electron chi connectivity index (χ1n) is 10.4. The molecule has 0 fully saturated rings. The lowest BCUT2D eigenvalue weighted by molar-refractivity contribution is -0.125. The highest BCUT2D eigenvalue weighted by molar-refractivity contribution is 5.96. The molecule has 6 heteroatoms. The number of nitrogens with zero attached hydrogens (tertiary/aromatic N) is 1. The van der Waals surface area contributed by atoms with Crippen LogP contribution in [0, 0.1) is 20.8 Å². The second kappa shape index (κ2) is 11.5. The summed E-state index contributed by atoms with van der Waals surface area (Å²) in [5.41, 5.74) is 4.99. The molecule has 30 heavy (non-hydrogen) atoms. The lowest BCUT2D eigenvalue weighted by atomic mass is 10.1. The quantitative estimate of drug-likeness (QED) is 0.561. The third-order valence-electron chi connectivity index (χ3n) is 5.16. The van der Waals surface area contributed by atoms with E-state index in [-0.39, 0.29) is 37.6 Å². The zero-order valence-corrected chi connectivity index (χ0v) is 18.4. The van der Waals surface area contributed by atoms with Crippen molar-refractivity contribution in [2.75, 3.05) is 25.0 Å². The summed E-state index contributed by atoms with van der Waals surface area (Å²) in [6, 6.07) is 13.7. The summed E-state index contributed by atoms with van der Waals surface area (Å²) in [6.07, 6.45) is 0.725. The van der Waals surface area contributed by atoms with Crippen molar-refractivity contribution in [2.45, 2.75) is 46.7 Å². The van der Waals surface area contributed by atoms with Crippen LogP contribution in [0.1, 0.15) is 35.6 Å². The maximum atomic E-state index is 12.5. The average molecular weight is 412 g/mol. The zero-order valence-electron chi connectivity index (χ0n) is 18.4. The van der Waals surface area contributed by atoms with Crippen molar-refractivity contribution in [1.82, 2.24) is 10.2 Å². The van der Waals surface area contributed by atoms with Crippen molar-refractivity contribution in [2.24, 2.45) is 0 Å². The molecule has 2 aromatic rings. The Kier molecular flexibility index (Phi) is 9.02. The maximum Gasteiger partial charge on any atom is 0.243 e. The third-order valence-corrected chi connectivity index (χ3v) is 5.16. The van der Waals surface area contributed by atoms with E-state index in [2.05, 4.69) is 10.6 Å². The van der Waals surface area contributed by atoms with Crippen molar-refractivity contribution in [3.05, 3.63) is 64.7 Å². The fourth-order valence-electron chi connectivity index (χ4n) is 3.61. The molecule has 162 valence electrons. The number of benzene rings is 2. The molecule has 0 bridgehead atoms. The van der Waals surface area contributed by atoms with Crippen LogP contribution in [0.5, 0.6) is 0 Å². The molecule has 0 aliphatic rings. The fourth-order valence-corrected chi connectivity index (χ4v) is 3.61. The molecule has 0 aliphatic heterocycles. The van der Waals surface area contributed by atoms with E-state index in [0.29, 0.717) is 6.54 Å². The predicted molar refractivity (Wildman–Crippen MR) is 120 cm³/mol. The molecule has 1 atom stereocenters. The number of aliphatic hydroxyl groups is 1. The largest absolute Gasteiger partial charge is 0.395 e. The smallest absolute Gasteiger partial charge is 0.243 e. The topological polar surface area (TPSA) is 81.7 Å². The number of rotatable bonds is 10. The van der Waals surface area contributed by atoms with Gasteiger partial charge in [-0.25, -0.2) is 0 Å². The summed E-state index contributed by atoms with van der Waals surface area (Å²) in [7, 11) is 0. The molecular formula is C24H33N3O3. The van der Waals surface area contributed by atoms with Crippen LogP contribution < -0.4 is 10.6 Å². The number of carbonyl (C=O) groups excluding carboxylic acids is 2. The van der Waals surface area contributed by atoms with Crippen LogP contribution in [0.15, 0.2) is 42.5 Å². The summed E-state index contributed by atoms with van der Waals surface area (Å²) in [5, 5.41) is 15.3. The molecule has 2 amide bonds. The number of carbonyl (C=O) groups is 2. The first-order chi connectivity index (χ1) is 14.3. The molecule has 0 saturated carbocycles. The summed E-state index contributed by atoms with van der Waals surface area (Å²) in [5.74, 6) is -0.507. The van der Waals surface area contributed by atoms with Crippen molar-refractivity contribution in [3.63, 3.8) is 0 Å². The minimum atomic E-state index is -0.262. The Balaban J connectivity index is 1.94. The van der Waals surface area contributed by atoms with E-state index < -0.39 is 0 Å². The number of aliphatic hydroxyl groups excluding tert-OH is 1. The molecule has 0 spiro atoms. The van der Waals surface area contributed by atoms with Gasteiger partial charge in [0.25, 0.3) is 0 Å². The van der Waals surface area contributed by atoms with Crippen LogP contribution in [0.25, 0.3) is 0 Å². The molecule has 0 aromatic heterocycles. The Morgan fingerprint density at radius 2 is 1.67 bits per heavy atom. The molecule has 3 N–H and O–H groups in total. The molecule has 0 radical (unpaired) electrons. The molecule has 6 nitrogen and oxygen atoms in total. The molecule has 0 saturated heterocycles. The van der Waals surface area contributed by atoms with Gasteiger partial charge in [0.2, 0.25) is 11.8 Å². The van der Waals surface area contributed by atoms with E-state index in [1.54, 1.807) is 0 Å². The van der Waals surface area contributed by atoms with Gasteiger partial charge in [0.15, 0.2) is 0 Å².